The molecule has 2 heterocycles. The van der Waals surface area contributed by atoms with Crippen molar-refractivity contribution in [2.75, 3.05) is 13.1 Å². The van der Waals surface area contributed by atoms with Crippen LogP contribution in [0.15, 0.2) is 68.6 Å². The molecule has 1 aliphatic heterocycles. The minimum atomic E-state index is 0.753. The molecule has 4 nitrogen and oxygen atoms in total. The van der Waals surface area contributed by atoms with Crippen LogP contribution in [-0.4, -0.2) is 24.1 Å². The van der Waals surface area contributed by atoms with Gasteiger partial charge in [-0.1, -0.05) is 63.6 Å². The van der Waals surface area contributed by atoms with Gasteiger partial charge in [0.05, 0.1) is 6.54 Å². The molecule has 0 atom stereocenters. The molecular formula is C18H14BrN3O. The number of benzene rings is 2. The Balaban J connectivity index is 1.63. The topological polar surface area (TPSA) is 50.4 Å². The lowest BCUT2D eigenvalue weighted by Crippen LogP contribution is -2.19. The van der Waals surface area contributed by atoms with E-state index in [2.05, 4.69) is 31.4 Å². The van der Waals surface area contributed by atoms with Crippen LogP contribution >= 0.6 is 15.9 Å². The van der Waals surface area contributed by atoms with Crippen molar-refractivity contribution in [1.29, 1.82) is 0 Å². The fourth-order valence-corrected chi connectivity index (χ4v) is 3.08. The Morgan fingerprint density at radius 3 is 2.52 bits per heavy atom. The summed E-state index contributed by atoms with van der Waals surface area (Å²) in [6.07, 6.45) is 0. The average Bonchev–Trinajstić information content (AvgIpc) is 3.27. The van der Waals surface area contributed by atoms with Crippen LogP contribution in [0.4, 0.5) is 0 Å². The number of amidine groups is 1. The van der Waals surface area contributed by atoms with Gasteiger partial charge in [0.25, 0.3) is 0 Å². The van der Waals surface area contributed by atoms with Gasteiger partial charge in [-0.15, -0.1) is 0 Å². The molecular weight excluding hydrogens is 354 g/mol. The highest BCUT2D eigenvalue weighted by Gasteiger charge is 2.12. The SMILES string of the molecule is Brc1ccccc1-c1cc(-c2ccc(C3=NCCN3)cc2)on1. The third-order valence-corrected chi connectivity index (χ3v) is 4.47. The summed E-state index contributed by atoms with van der Waals surface area (Å²) in [5.74, 6) is 1.71. The Morgan fingerprint density at radius 1 is 1.00 bits per heavy atom. The van der Waals surface area contributed by atoms with Crippen LogP contribution in [-0.2, 0) is 0 Å². The maximum Gasteiger partial charge on any atom is 0.167 e. The Kier molecular flexibility index (Phi) is 3.71. The number of nitrogens with one attached hydrogen (secondary N) is 1. The smallest absolute Gasteiger partial charge is 0.167 e. The zero-order valence-corrected chi connectivity index (χ0v) is 13.9. The highest BCUT2D eigenvalue weighted by atomic mass is 79.9. The van der Waals surface area contributed by atoms with Crippen molar-refractivity contribution in [2.24, 2.45) is 4.99 Å². The van der Waals surface area contributed by atoms with Crippen molar-refractivity contribution >= 4 is 21.8 Å². The number of aliphatic imine (C=N–C) groups is 1. The van der Waals surface area contributed by atoms with Crippen molar-refractivity contribution in [1.82, 2.24) is 10.5 Å². The van der Waals surface area contributed by atoms with Crippen LogP contribution in [0.2, 0.25) is 0 Å². The second-order valence-electron chi connectivity index (χ2n) is 5.29. The lowest BCUT2D eigenvalue weighted by Gasteiger charge is -2.02. The monoisotopic (exact) mass is 367 g/mol. The molecule has 2 aromatic carbocycles. The third-order valence-electron chi connectivity index (χ3n) is 3.78. The first-order valence-corrected chi connectivity index (χ1v) is 8.21. The molecule has 114 valence electrons. The van der Waals surface area contributed by atoms with E-state index >= 15 is 0 Å². The first kappa shape index (κ1) is 14.2. The van der Waals surface area contributed by atoms with Gasteiger partial charge in [0.2, 0.25) is 0 Å². The zero-order valence-electron chi connectivity index (χ0n) is 12.3. The summed E-state index contributed by atoms with van der Waals surface area (Å²) >= 11 is 3.54. The molecule has 0 radical (unpaired) electrons. The fourth-order valence-electron chi connectivity index (χ4n) is 2.59. The van der Waals surface area contributed by atoms with E-state index in [0.29, 0.717) is 0 Å². The van der Waals surface area contributed by atoms with Crippen molar-refractivity contribution in [3.05, 3.63) is 64.6 Å². The third kappa shape index (κ3) is 2.80. The predicted octanol–water partition coefficient (Wildman–Crippen LogP) is 4.12. The molecule has 0 unspecified atom stereocenters. The van der Waals surface area contributed by atoms with E-state index in [9.17, 15) is 0 Å². The van der Waals surface area contributed by atoms with Crippen LogP contribution in [0.1, 0.15) is 5.56 Å². The molecule has 3 aromatic rings. The second kappa shape index (κ2) is 6.01. The summed E-state index contributed by atoms with van der Waals surface area (Å²) < 4.78 is 6.51. The molecule has 0 bridgehead atoms. The zero-order chi connectivity index (χ0) is 15.6. The highest BCUT2D eigenvalue weighted by molar-refractivity contribution is 9.10. The minimum absolute atomic E-state index is 0.753. The highest BCUT2D eigenvalue weighted by Crippen LogP contribution is 2.30. The second-order valence-corrected chi connectivity index (χ2v) is 6.15. The predicted molar refractivity (Wildman–Crippen MR) is 94.5 cm³/mol. The molecule has 4 rings (SSSR count). The molecule has 1 aliphatic rings. The molecule has 1 N–H and O–H groups in total. The van der Waals surface area contributed by atoms with Gasteiger partial charge in [0, 0.05) is 33.8 Å². The quantitative estimate of drug-likeness (QED) is 0.757. The molecule has 5 heteroatoms. The lowest BCUT2D eigenvalue weighted by atomic mass is 10.1. The molecule has 0 fully saturated rings. The fraction of sp³-hybridized carbons (Fsp3) is 0.111. The molecule has 0 aliphatic carbocycles. The van der Waals surface area contributed by atoms with Gasteiger partial charge in [-0.25, -0.2) is 0 Å². The summed E-state index contributed by atoms with van der Waals surface area (Å²) in [5, 5.41) is 7.46. The van der Waals surface area contributed by atoms with E-state index < -0.39 is 0 Å². The van der Waals surface area contributed by atoms with E-state index in [1.54, 1.807) is 0 Å². The van der Waals surface area contributed by atoms with Crippen LogP contribution in [0, 0.1) is 0 Å². The normalized spacial score (nSPS) is 13.7. The minimum Gasteiger partial charge on any atom is -0.368 e. The standard InChI is InChI=1S/C18H14BrN3O/c19-15-4-2-1-3-14(15)16-11-17(23-22-16)12-5-7-13(8-6-12)18-20-9-10-21-18/h1-8,11H,9-10H2,(H,20,21). The average molecular weight is 368 g/mol. The Morgan fingerprint density at radius 2 is 1.78 bits per heavy atom. The Labute approximate surface area is 142 Å². The van der Waals surface area contributed by atoms with E-state index in [4.69, 9.17) is 4.52 Å². The van der Waals surface area contributed by atoms with Crippen molar-refractivity contribution in [2.45, 2.75) is 0 Å². The van der Waals surface area contributed by atoms with Crippen LogP contribution in [0.3, 0.4) is 0 Å². The first-order valence-electron chi connectivity index (χ1n) is 7.42. The molecule has 0 spiro atoms. The van der Waals surface area contributed by atoms with Gasteiger partial charge in [0.1, 0.15) is 11.5 Å². The van der Waals surface area contributed by atoms with Crippen LogP contribution in [0.5, 0.6) is 0 Å². The number of hydrogen-bond donors (Lipinski definition) is 1. The van der Waals surface area contributed by atoms with Crippen molar-refractivity contribution in [3.8, 4) is 22.6 Å². The Hall–Kier alpha value is -2.40. The van der Waals surface area contributed by atoms with Crippen molar-refractivity contribution in [3.63, 3.8) is 0 Å². The maximum absolute atomic E-state index is 5.51. The molecule has 0 saturated carbocycles. The van der Waals surface area contributed by atoms with Gasteiger partial charge in [-0.2, -0.15) is 0 Å². The van der Waals surface area contributed by atoms with Gasteiger partial charge in [-0.05, 0) is 6.07 Å². The van der Waals surface area contributed by atoms with Gasteiger partial charge >= 0.3 is 0 Å². The summed E-state index contributed by atoms with van der Waals surface area (Å²) in [6, 6.07) is 18.1. The molecule has 1 aromatic heterocycles. The number of aromatic nitrogens is 1. The first-order chi connectivity index (χ1) is 11.3. The number of rotatable bonds is 3. The van der Waals surface area contributed by atoms with Crippen molar-refractivity contribution < 1.29 is 4.52 Å². The van der Waals surface area contributed by atoms with Crippen LogP contribution in [0.25, 0.3) is 22.6 Å². The molecule has 0 saturated heterocycles. The van der Waals surface area contributed by atoms with E-state index in [-0.39, 0.29) is 0 Å². The number of hydrogen-bond acceptors (Lipinski definition) is 4. The summed E-state index contributed by atoms with van der Waals surface area (Å²) in [5.41, 5.74) is 3.93. The number of nitrogens with zero attached hydrogens (tertiary/aromatic N) is 2. The summed E-state index contributed by atoms with van der Waals surface area (Å²) in [6.45, 7) is 1.75. The Bertz CT molecular complexity index is 868. The van der Waals surface area contributed by atoms with Crippen LogP contribution < -0.4 is 5.32 Å². The summed E-state index contributed by atoms with van der Waals surface area (Å²) in [7, 11) is 0. The maximum atomic E-state index is 5.51. The van der Waals surface area contributed by atoms with E-state index in [1.165, 1.54) is 0 Å². The number of halogens is 1. The van der Waals surface area contributed by atoms with Gasteiger partial charge in [0.15, 0.2) is 5.76 Å². The summed E-state index contributed by atoms with van der Waals surface area (Å²) in [4.78, 5) is 4.43. The lowest BCUT2D eigenvalue weighted by molar-refractivity contribution is 0.435. The molecule has 23 heavy (non-hydrogen) atoms. The van der Waals surface area contributed by atoms with E-state index in [0.717, 1.165) is 51.5 Å². The molecule has 0 amide bonds. The largest absolute Gasteiger partial charge is 0.368 e. The van der Waals surface area contributed by atoms with Gasteiger partial charge in [-0.3, -0.25) is 4.99 Å². The van der Waals surface area contributed by atoms with E-state index in [1.807, 2.05) is 54.6 Å². The van der Waals surface area contributed by atoms with Gasteiger partial charge < -0.3 is 9.84 Å².